The summed E-state index contributed by atoms with van der Waals surface area (Å²) < 4.78 is 10.6. The van der Waals surface area contributed by atoms with Crippen LogP contribution in [0.25, 0.3) is 11.3 Å². The molecule has 6 heteroatoms. The molecular weight excluding hydrogens is 306 g/mol. The summed E-state index contributed by atoms with van der Waals surface area (Å²) in [4.78, 5) is 20.8. The number of hydrogen-bond donors (Lipinski definition) is 1. The minimum Gasteiger partial charge on any atom is -0.497 e. The predicted molar refractivity (Wildman–Crippen MR) is 88.6 cm³/mol. The lowest BCUT2D eigenvalue weighted by Crippen LogP contribution is -2.27. The van der Waals surface area contributed by atoms with E-state index < -0.39 is 0 Å². The Bertz CT molecular complexity index is 830. The number of hydrogen-bond acceptors (Lipinski definition) is 5. The number of nitrogens with one attached hydrogen (secondary N) is 1. The quantitative estimate of drug-likeness (QED) is 0.780. The summed E-state index contributed by atoms with van der Waals surface area (Å²) in [6.45, 7) is 1.87. The molecule has 122 valence electrons. The average Bonchev–Trinajstić information content (AvgIpc) is 3.12. The molecule has 0 spiro atoms. The number of aromatic nitrogens is 2. The van der Waals surface area contributed by atoms with Gasteiger partial charge >= 0.3 is 0 Å². The van der Waals surface area contributed by atoms with Crippen LogP contribution in [0.1, 0.15) is 29.1 Å². The standard InChI is InChI=1S/C18H17N3O3/c1-12(15-8-3-4-9-19-15)21-18(22)16-17(24-11-20-16)13-6-5-7-14(10-13)23-2/h3-12H,1-2H3,(H,21,22)/t12-/m1/s1. The normalized spacial score (nSPS) is 11.8. The number of rotatable bonds is 5. The van der Waals surface area contributed by atoms with Crippen LogP contribution in [0.15, 0.2) is 59.5 Å². The Morgan fingerprint density at radius 1 is 1.21 bits per heavy atom. The predicted octanol–water partition coefficient (Wildman–Crippen LogP) is 3.24. The number of methoxy groups -OCH3 is 1. The summed E-state index contributed by atoms with van der Waals surface area (Å²) in [7, 11) is 1.58. The maximum Gasteiger partial charge on any atom is 0.274 e. The number of amides is 1. The molecule has 0 saturated heterocycles. The third-order valence-corrected chi connectivity index (χ3v) is 3.59. The zero-order valence-corrected chi connectivity index (χ0v) is 13.4. The van der Waals surface area contributed by atoms with Gasteiger partial charge in [0.25, 0.3) is 5.91 Å². The van der Waals surface area contributed by atoms with Crippen LogP contribution >= 0.6 is 0 Å². The molecule has 0 bridgehead atoms. The number of carbonyl (C=O) groups is 1. The molecule has 3 rings (SSSR count). The van der Waals surface area contributed by atoms with Gasteiger partial charge < -0.3 is 14.5 Å². The lowest BCUT2D eigenvalue weighted by Gasteiger charge is -2.12. The Hall–Kier alpha value is -3.15. The van der Waals surface area contributed by atoms with Gasteiger partial charge in [0.05, 0.1) is 18.8 Å². The molecule has 1 atom stereocenters. The highest BCUT2D eigenvalue weighted by molar-refractivity contribution is 5.97. The highest BCUT2D eigenvalue weighted by Gasteiger charge is 2.20. The van der Waals surface area contributed by atoms with E-state index in [-0.39, 0.29) is 17.6 Å². The summed E-state index contributed by atoms with van der Waals surface area (Å²) in [5.74, 6) is 0.761. The molecule has 1 N–H and O–H groups in total. The molecule has 2 heterocycles. The zero-order chi connectivity index (χ0) is 16.9. The first-order valence-corrected chi connectivity index (χ1v) is 7.48. The highest BCUT2D eigenvalue weighted by atomic mass is 16.5. The van der Waals surface area contributed by atoms with Gasteiger partial charge in [0, 0.05) is 11.8 Å². The fourth-order valence-electron chi connectivity index (χ4n) is 2.35. The maximum absolute atomic E-state index is 12.5. The van der Waals surface area contributed by atoms with Gasteiger partial charge in [0.1, 0.15) is 5.75 Å². The number of oxazole rings is 1. The van der Waals surface area contributed by atoms with Crippen LogP contribution in [-0.4, -0.2) is 23.0 Å². The van der Waals surface area contributed by atoms with E-state index >= 15 is 0 Å². The molecule has 0 aliphatic rings. The van der Waals surface area contributed by atoms with E-state index in [1.165, 1.54) is 6.39 Å². The zero-order valence-electron chi connectivity index (χ0n) is 13.4. The molecular formula is C18H17N3O3. The maximum atomic E-state index is 12.5. The van der Waals surface area contributed by atoms with Crippen molar-refractivity contribution in [2.24, 2.45) is 0 Å². The molecule has 0 radical (unpaired) electrons. The van der Waals surface area contributed by atoms with E-state index in [9.17, 15) is 4.79 Å². The van der Waals surface area contributed by atoms with Gasteiger partial charge in [-0.3, -0.25) is 9.78 Å². The first-order valence-electron chi connectivity index (χ1n) is 7.48. The van der Waals surface area contributed by atoms with Crippen molar-refractivity contribution in [2.75, 3.05) is 7.11 Å². The van der Waals surface area contributed by atoms with E-state index in [0.717, 1.165) is 11.3 Å². The number of pyridine rings is 1. The van der Waals surface area contributed by atoms with Crippen LogP contribution in [-0.2, 0) is 0 Å². The van der Waals surface area contributed by atoms with Gasteiger partial charge in [0.15, 0.2) is 17.8 Å². The Labute approximate surface area is 139 Å². The number of ether oxygens (including phenoxy) is 1. The van der Waals surface area contributed by atoms with Crippen molar-refractivity contribution in [3.63, 3.8) is 0 Å². The number of nitrogens with zero attached hydrogens (tertiary/aromatic N) is 2. The van der Waals surface area contributed by atoms with Gasteiger partial charge in [-0.05, 0) is 31.2 Å². The Morgan fingerprint density at radius 2 is 2.08 bits per heavy atom. The number of benzene rings is 1. The molecule has 0 fully saturated rings. The average molecular weight is 323 g/mol. The van der Waals surface area contributed by atoms with Crippen LogP contribution in [0.5, 0.6) is 5.75 Å². The van der Waals surface area contributed by atoms with Crippen molar-refractivity contribution < 1.29 is 13.9 Å². The second kappa shape index (κ2) is 6.95. The first-order chi connectivity index (χ1) is 11.7. The van der Waals surface area contributed by atoms with Gasteiger partial charge in [0.2, 0.25) is 0 Å². The molecule has 1 aromatic carbocycles. The van der Waals surface area contributed by atoms with Gasteiger partial charge in [-0.1, -0.05) is 18.2 Å². The summed E-state index contributed by atoms with van der Waals surface area (Å²) in [6.07, 6.45) is 2.95. The Kier molecular flexibility index (Phi) is 4.56. The monoisotopic (exact) mass is 323 g/mol. The van der Waals surface area contributed by atoms with Crippen molar-refractivity contribution >= 4 is 5.91 Å². The summed E-state index contributed by atoms with van der Waals surface area (Å²) in [5, 5.41) is 2.88. The van der Waals surface area contributed by atoms with Crippen LogP contribution in [0.2, 0.25) is 0 Å². The van der Waals surface area contributed by atoms with Gasteiger partial charge in [-0.2, -0.15) is 0 Å². The van der Waals surface area contributed by atoms with Crippen molar-refractivity contribution in [2.45, 2.75) is 13.0 Å². The fourth-order valence-corrected chi connectivity index (χ4v) is 2.35. The molecule has 2 aromatic heterocycles. The van der Waals surface area contributed by atoms with E-state index in [0.29, 0.717) is 11.5 Å². The van der Waals surface area contributed by atoms with E-state index in [2.05, 4.69) is 15.3 Å². The molecule has 6 nitrogen and oxygen atoms in total. The molecule has 24 heavy (non-hydrogen) atoms. The minimum atomic E-state index is -0.320. The third kappa shape index (κ3) is 3.27. The topological polar surface area (TPSA) is 77.2 Å². The smallest absolute Gasteiger partial charge is 0.274 e. The van der Waals surface area contributed by atoms with E-state index in [4.69, 9.17) is 9.15 Å². The molecule has 3 aromatic rings. The number of carbonyl (C=O) groups excluding carboxylic acids is 1. The molecule has 0 unspecified atom stereocenters. The Balaban J connectivity index is 1.83. The van der Waals surface area contributed by atoms with Crippen LogP contribution in [0, 0.1) is 0 Å². The largest absolute Gasteiger partial charge is 0.497 e. The van der Waals surface area contributed by atoms with Crippen molar-refractivity contribution in [3.05, 3.63) is 66.4 Å². The van der Waals surface area contributed by atoms with Crippen molar-refractivity contribution in [3.8, 4) is 17.1 Å². The lowest BCUT2D eigenvalue weighted by atomic mass is 10.1. The van der Waals surface area contributed by atoms with Crippen molar-refractivity contribution in [1.29, 1.82) is 0 Å². The second-order valence-corrected chi connectivity index (χ2v) is 5.21. The fraction of sp³-hybridized carbons (Fsp3) is 0.167. The van der Waals surface area contributed by atoms with Gasteiger partial charge in [-0.25, -0.2) is 4.98 Å². The molecule has 0 aliphatic carbocycles. The molecule has 0 saturated carbocycles. The molecule has 1 amide bonds. The third-order valence-electron chi connectivity index (χ3n) is 3.59. The summed E-state index contributed by atoms with van der Waals surface area (Å²) in [5.41, 5.74) is 1.73. The van der Waals surface area contributed by atoms with Crippen LogP contribution in [0.3, 0.4) is 0 Å². The van der Waals surface area contributed by atoms with Crippen LogP contribution < -0.4 is 10.1 Å². The highest BCUT2D eigenvalue weighted by Crippen LogP contribution is 2.26. The minimum absolute atomic E-state index is 0.228. The Morgan fingerprint density at radius 3 is 2.83 bits per heavy atom. The first kappa shape index (κ1) is 15.7. The van der Waals surface area contributed by atoms with E-state index in [1.54, 1.807) is 19.4 Å². The summed E-state index contributed by atoms with van der Waals surface area (Å²) in [6, 6.07) is 12.6. The SMILES string of the molecule is COc1cccc(-c2ocnc2C(=O)N[C@H](C)c2ccccn2)c1. The lowest BCUT2D eigenvalue weighted by molar-refractivity contribution is 0.0935. The second-order valence-electron chi connectivity index (χ2n) is 5.21. The van der Waals surface area contributed by atoms with E-state index in [1.807, 2.05) is 43.3 Å². The van der Waals surface area contributed by atoms with Crippen LogP contribution in [0.4, 0.5) is 0 Å². The summed E-state index contributed by atoms with van der Waals surface area (Å²) >= 11 is 0. The van der Waals surface area contributed by atoms with Gasteiger partial charge in [-0.15, -0.1) is 0 Å². The van der Waals surface area contributed by atoms with Crippen molar-refractivity contribution in [1.82, 2.24) is 15.3 Å². The molecule has 0 aliphatic heterocycles.